The Bertz CT molecular complexity index is 469. The average molecular weight is 304 g/mol. The van der Waals surface area contributed by atoms with Gasteiger partial charge in [0.25, 0.3) is 17.5 Å². The van der Waals surface area contributed by atoms with Crippen LogP contribution in [0.5, 0.6) is 0 Å². The maximum absolute atomic E-state index is 12.3. The van der Waals surface area contributed by atoms with E-state index in [-0.39, 0.29) is 13.0 Å². The summed E-state index contributed by atoms with van der Waals surface area (Å²) < 4.78 is 5.33. The monoisotopic (exact) mass is 304 g/mol. The van der Waals surface area contributed by atoms with Crippen LogP contribution in [-0.4, -0.2) is 68.6 Å². The highest BCUT2D eigenvalue weighted by molar-refractivity contribution is 6.01. The van der Waals surface area contributed by atoms with Crippen LogP contribution in [0.4, 0.5) is 0 Å². The number of rotatable bonds is 3. The third kappa shape index (κ3) is 2.21. The van der Waals surface area contributed by atoms with Crippen molar-refractivity contribution in [1.29, 1.82) is 0 Å². The van der Waals surface area contributed by atoms with Crippen molar-refractivity contribution in [3.63, 3.8) is 0 Å². The summed E-state index contributed by atoms with van der Waals surface area (Å²) in [7, 11) is 0. The van der Waals surface area contributed by atoms with Gasteiger partial charge in [-0.3, -0.25) is 9.59 Å². The molecule has 3 heterocycles. The number of carbonyl (C=O) groups excluding carboxylic acids is 2. The second-order valence-corrected chi connectivity index (χ2v) is 5.87. The van der Waals surface area contributed by atoms with Crippen molar-refractivity contribution in [3.8, 4) is 0 Å². The first-order valence-electron chi connectivity index (χ1n) is 6.63. The summed E-state index contributed by atoms with van der Waals surface area (Å²) >= 11 is 0. The molecule has 2 bridgehead atoms. The van der Waals surface area contributed by atoms with Gasteiger partial charge in [-0.1, -0.05) is 6.92 Å². The molecule has 3 saturated heterocycles. The lowest BCUT2D eigenvalue weighted by Gasteiger charge is -2.50. The molecule has 2 amide bonds. The van der Waals surface area contributed by atoms with Gasteiger partial charge in [0.2, 0.25) is 5.72 Å². The van der Waals surface area contributed by atoms with Gasteiger partial charge in [-0.2, -0.15) is 0 Å². The predicted molar refractivity (Wildman–Crippen MR) is 67.4 cm³/mol. The number of amides is 2. The van der Waals surface area contributed by atoms with E-state index in [9.17, 15) is 24.9 Å². The van der Waals surface area contributed by atoms with Crippen molar-refractivity contribution < 1.29 is 34.8 Å². The highest BCUT2D eigenvalue weighted by atomic mass is 16.5. The molecule has 3 rings (SSSR count). The zero-order chi connectivity index (χ0) is 16.1. The van der Waals surface area contributed by atoms with Gasteiger partial charge in [-0.25, -0.2) is 0 Å². The van der Waals surface area contributed by atoms with Crippen LogP contribution >= 0.6 is 0 Å². The van der Waals surface area contributed by atoms with Crippen molar-refractivity contribution >= 4 is 11.8 Å². The topological polar surface area (TPSA) is 148 Å². The summed E-state index contributed by atoms with van der Waals surface area (Å²) in [5.74, 6) is -2.53. The van der Waals surface area contributed by atoms with Gasteiger partial charge in [-0.05, 0) is 13.3 Å². The largest absolute Gasteiger partial charge is 0.393 e. The van der Waals surface area contributed by atoms with Gasteiger partial charge >= 0.3 is 0 Å². The summed E-state index contributed by atoms with van der Waals surface area (Å²) in [5, 5.41) is 43.9. The van der Waals surface area contributed by atoms with Gasteiger partial charge in [0, 0.05) is 5.92 Å². The van der Waals surface area contributed by atoms with E-state index in [2.05, 4.69) is 10.6 Å². The Labute approximate surface area is 120 Å². The Kier molecular flexibility index (Phi) is 3.75. The van der Waals surface area contributed by atoms with Crippen LogP contribution in [0.25, 0.3) is 0 Å². The second kappa shape index (κ2) is 4.89. The first kappa shape index (κ1) is 16.1. The van der Waals surface area contributed by atoms with Gasteiger partial charge in [0.15, 0.2) is 0 Å². The van der Waals surface area contributed by atoms with Crippen molar-refractivity contribution in [2.24, 2.45) is 5.92 Å². The van der Waals surface area contributed by atoms with Crippen LogP contribution in [0.1, 0.15) is 20.3 Å². The maximum atomic E-state index is 12.3. The Morgan fingerprint density at radius 2 is 2.05 bits per heavy atom. The maximum Gasteiger partial charge on any atom is 0.278 e. The Balaban J connectivity index is 2.45. The lowest BCUT2D eigenvalue weighted by molar-refractivity contribution is -0.240. The van der Waals surface area contributed by atoms with Gasteiger partial charge < -0.3 is 35.8 Å². The molecule has 21 heavy (non-hydrogen) atoms. The van der Waals surface area contributed by atoms with Crippen molar-refractivity contribution in [3.05, 3.63) is 0 Å². The first-order valence-corrected chi connectivity index (χ1v) is 6.63. The number of aliphatic hydroxyl groups excluding tert-OH is 2. The van der Waals surface area contributed by atoms with E-state index in [1.165, 1.54) is 0 Å². The fraction of sp³-hybridized carbons (Fsp3) is 0.833. The molecule has 0 radical (unpaired) electrons. The fourth-order valence-corrected chi connectivity index (χ4v) is 2.49. The summed E-state index contributed by atoms with van der Waals surface area (Å²) in [5.41, 5.74) is -6.46. The minimum atomic E-state index is -2.27. The molecule has 9 nitrogen and oxygen atoms in total. The molecule has 0 aliphatic carbocycles. The Morgan fingerprint density at radius 3 is 2.62 bits per heavy atom. The van der Waals surface area contributed by atoms with Crippen LogP contribution < -0.4 is 10.6 Å². The molecule has 9 heteroatoms. The quantitative estimate of drug-likeness (QED) is 0.321. The second-order valence-electron chi connectivity index (χ2n) is 5.87. The van der Waals surface area contributed by atoms with Crippen LogP contribution in [0.3, 0.4) is 0 Å². The molecule has 0 unspecified atom stereocenters. The zero-order valence-electron chi connectivity index (χ0n) is 11.8. The van der Waals surface area contributed by atoms with Gasteiger partial charge in [-0.15, -0.1) is 0 Å². The molecule has 3 aliphatic rings. The number of hydrogen-bond acceptors (Lipinski definition) is 7. The number of fused-ring (bicyclic) bond motifs is 5. The lowest BCUT2D eigenvalue weighted by atomic mass is 9.83. The molecule has 0 spiro atoms. The normalized spacial score (nSPS) is 40.6. The van der Waals surface area contributed by atoms with E-state index in [0.717, 1.165) is 6.92 Å². The minimum Gasteiger partial charge on any atom is -0.393 e. The molecule has 120 valence electrons. The Morgan fingerprint density at radius 1 is 1.43 bits per heavy atom. The number of ether oxygens (including phenoxy) is 1. The summed E-state index contributed by atoms with van der Waals surface area (Å²) in [4.78, 5) is 24.4. The van der Waals surface area contributed by atoms with Crippen LogP contribution in [-0.2, 0) is 14.3 Å². The van der Waals surface area contributed by atoms with Gasteiger partial charge in [0.05, 0.1) is 13.2 Å². The zero-order valence-corrected chi connectivity index (χ0v) is 11.8. The van der Waals surface area contributed by atoms with E-state index in [1.54, 1.807) is 6.92 Å². The summed E-state index contributed by atoms with van der Waals surface area (Å²) in [6, 6.07) is 0. The molecule has 0 saturated carbocycles. The number of carbonyl (C=O) groups is 2. The van der Waals surface area contributed by atoms with E-state index >= 15 is 0 Å². The molecule has 0 aromatic carbocycles. The van der Waals surface area contributed by atoms with E-state index in [4.69, 9.17) is 9.84 Å². The first-order chi connectivity index (χ1) is 9.60. The lowest BCUT2D eigenvalue weighted by Crippen LogP contribution is -2.83. The van der Waals surface area contributed by atoms with Crippen molar-refractivity contribution in [2.75, 3.05) is 13.2 Å². The SMILES string of the molecule is C[C@@H]1CCO[C@]2([C@@H](O)[C@@](C)(O)CO)NC(=O)[C@@]1(O)NC2=O. The van der Waals surface area contributed by atoms with Crippen LogP contribution in [0, 0.1) is 5.92 Å². The van der Waals surface area contributed by atoms with Crippen molar-refractivity contribution in [1.82, 2.24) is 10.6 Å². The Hall–Kier alpha value is -1.26. The number of nitrogens with one attached hydrogen (secondary N) is 2. The average Bonchev–Trinajstić information content (AvgIpc) is 2.42. The van der Waals surface area contributed by atoms with Crippen LogP contribution in [0.15, 0.2) is 0 Å². The summed E-state index contributed by atoms with van der Waals surface area (Å²) in [6.45, 7) is 1.78. The molecule has 0 aromatic rings. The highest BCUT2D eigenvalue weighted by Crippen LogP contribution is 2.33. The standard InChI is InChI=1S/C12H20N2O7/c1-6-3-4-21-12(7(16)10(2,19)5-15)9(18)13-11(6,20)8(17)14-12/h6-7,15-16,19-20H,3-5H2,1-2H3,(H,13,18)(H,14,17)/t6-,7+,10+,11-,12+/m1/s1. The molecule has 3 aliphatic heterocycles. The summed E-state index contributed by atoms with van der Waals surface area (Å²) in [6.07, 6.45) is -1.68. The van der Waals surface area contributed by atoms with E-state index < -0.39 is 47.5 Å². The van der Waals surface area contributed by atoms with Crippen LogP contribution in [0.2, 0.25) is 0 Å². The third-order valence-corrected chi connectivity index (χ3v) is 4.17. The number of piperazine rings is 1. The number of aliphatic hydroxyl groups is 4. The predicted octanol–water partition coefficient (Wildman–Crippen LogP) is -3.22. The molecule has 0 aromatic heterocycles. The minimum absolute atomic E-state index is 0.0320. The fourth-order valence-electron chi connectivity index (χ4n) is 2.49. The molecule has 6 N–H and O–H groups in total. The van der Waals surface area contributed by atoms with E-state index in [0.29, 0.717) is 0 Å². The van der Waals surface area contributed by atoms with Gasteiger partial charge in [0.1, 0.15) is 11.7 Å². The smallest absolute Gasteiger partial charge is 0.278 e. The molecular formula is C12H20N2O7. The van der Waals surface area contributed by atoms with Crippen molar-refractivity contribution in [2.45, 2.75) is 43.4 Å². The van der Waals surface area contributed by atoms with E-state index in [1.807, 2.05) is 0 Å². The third-order valence-electron chi connectivity index (χ3n) is 4.17. The molecule has 5 atom stereocenters. The highest BCUT2D eigenvalue weighted by Gasteiger charge is 2.63. The number of hydrogen-bond donors (Lipinski definition) is 6. The molecule has 3 fully saturated rings. The molecular weight excluding hydrogens is 284 g/mol.